The van der Waals surface area contributed by atoms with Crippen LogP contribution in [0.5, 0.6) is 0 Å². The number of hydrogen-bond donors (Lipinski definition) is 2. The summed E-state index contributed by atoms with van der Waals surface area (Å²) in [6, 6.07) is 15.0. The van der Waals surface area contributed by atoms with Crippen LogP contribution in [0, 0.1) is 6.92 Å². The lowest BCUT2D eigenvalue weighted by Gasteiger charge is -2.13. The molecule has 2 heterocycles. The third kappa shape index (κ3) is 4.18. The Bertz CT molecular complexity index is 1210. The van der Waals surface area contributed by atoms with Crippen LogP contribution in [-0.2, 0) is 0 Å². The standard InChI is InChI=1S/C21H15BrN4O2S/c1-12-15(20-24-17-6-2-3-8-18(17)28-20)5-4-7-16(12)25-21(29)26-19(27)13-9-14(22)11-23-10-13/h2-11H,1H3,(H2,25,26,27,29). The summed E-state index contributed by atoms with van der Waals surface area (Å²) < 4.78 is 6.59. The van der Waals surface area contributed by atoms with Gasteiger partial charge in [0.25, 0.3) is 5.91 Å². The largest absolute Gasteiger partial charge is 0.436 e. The molecule has 0 aliphatic rings. The van der Waals surface area contributed by atoms with Crippen LogP contribution in [0.1, 0.15) is 15.9 Å². The number of fused-ring (bicyclic) bond motifs is 1. The maximum Gasteiger partial charge on any atom is 0.259 e. The van der Waals surface area contributed by atoms with E-state index in [1.807, 2.05) is 49.4 Å². The molecule has 0 unspecified atom stereocenters. The maximum absolute atomic E-state index is 12.3. The third-order valence-corrected chi connectivity index (χ3v) is 4.94. The molecule has 1 amide bonds. The first-order chi connectivity index (χ1) is 14.0. The van der Waals surface area contributed by atoms with Crippen molar-refractivity contribution in [2.45, 2.75) is 6.92 Å². The van der Waals surface area contributed by atoms with Crippen molar-refractivity contribution in [2.24, 2.45) is 0 Å². The zero-order chi connectivity index (χ0) is 20.4. The van der Waals surface area contributed by atoms with Crippen LogP contribution in [0.15, 0.2) is 69.8 Å². The van der Waals surface area contributed by atoms with E-state index in [0.29, 0.717) is 15.9 Å². The zero-order valence-corrected chi connectivity index (χ0v) is 17.7. The first kappa shape index (κ1) is 19.2. The number of nitrogens with zero attached hydrogens (tertiary/aromatic N) is 2. The predicted molar refractivity (Wildman–Crippen MR) is 120 cm³/mol. The van der Waals surface area contributed by atoms with Crippen LogP contribution >= 0.6 is 28.1 Å². The molecule has 0 radical (unpaired) electrons. The van der Waals surface area contributed by atoms with E-state index >= 15 is 0 Å². The Balaban J connectivity index is 1.54. The number of benzene rings is 2. The zero-order valence-electron chi connectivity index (χ0n) is 15.3. The van der Waals surface area contributed by atoms with Gasteiger partial charge in [0.05, 0.1) is 5.56 Å². The van der Waals surface area contributed by atoms with E-state index in [0.717, 1.165) is 27.9 Å². The summed E-state index contributed by atoms with van der Waals surface area (Å²) in [5.41, 5.74) is 4.43. The predicted octanol–water partition coefficient (Wildman–Crippen LogP) is 5.09. The van der Waals surface area contributed by atoms with Gasteiger partial charge in [-0.2, -0.15) is 0 Å². The van der Waals surface area contributed by atoms with Gasteiger partial charge in [-0.3, -0.25) is 15.1 Å². The highest BCUT2D eigenvalue weighted by Crippen LogP contribution is 2.30. The molecule has 0 fully saturated rings. The van der Waals surface area contributed by atoms with Crippen molar-refractivity contribution in [2.75, 3.05) is 5.32 Å². The Morgan fingerprint density at radius 1 is 1.14 bits per heavy atom. The maximum atomic E-state index is 12.3. The number of rotatable bonds is 3. The molecule has 8 heteroatoms. The van der Waals surface area contributed by atoms with Gasteiger partial charge in [0.15, 0.2) is 10.7 Å². The number of aromatic nitrogens is 2. The molecule has 2 aromatic heterocycles. The topological polar surface area (TPSA) is 80.0 Å². The Morgan fingerprint density at radius 2 is 1.97 bits per heavy atom. The van der Waals surface area contributed by atoms with Crippen LogP contribution < -0.4 is 10.6 Å². The number of oxazole rings is 1. The number of thiocarbonyl (C=S) groups is 1. The number of anilines is 1. The lowest BCUT2D eigenvalue weighted by molar-refractivity contribution is 0.0977. The Kier molecular flexibility index (Phi) is 5.37. The molecule has 144 valence electrons. The van der Waals surface area contributed by atoms with Crippen LogP contribution in [0.4, 0.5) is 5.69 Å². The molecule has 4 aromatic rings. The molecule has 0 aliphatic carbocycles. The number of halogens is 1. The number of amides is 1. The molecule has 2 aromatic carbocycles. The number of pyridine rings is 1. The van der Waals surface area contributed by atoms with Gasteiger partial charge in [-0.1, -0.05) is 18.2 Å². The SMILES string of the molecule is Cc1c(NC(=S)NC(=O)c2cncc(Br)c2)cccc1-c1nc2ccccc2o1. The Morgan fingerprint density at radius 3 is 2.76 bits per heavy atom. The highest BCUT2D eigenvalue weighted by atomic mass is 79.9. The Labute approximate surface area is 180 Å². The van der Waals surface area contributed by atoms with E-state index in [1.54, 1.807) is 12.3 Å². The fourth-order valence-electron chi connectivity index (χ4n) is 2.86. The van der Waals surface area contributed by atoms with Gasteiger partial charge < -0.3 is 9.73 Å². The van der Waals surface area contributed by atoms with Crippen molar-refractivity contribution in [3.05, 3.63) is 76.5 Å². The summed E-state index contributed by atoms with van der Waals surface area (Å²) in [5, 5.41) is 5.92. The van der Waals surface area contributed by atoms with Crippen molar-refractivity contribution in [1.82, 2.24) is 15.3 Å². The highest BCUT2D eigenvalue weighted by Gasteiger charge is 2.14. The fraction of sp³-hybridized carbons (Fsp3) is 0.0476. The first-order valence-corrected chi connectivity index (χ1v) is 9.90. The van der Waals surface area contributed by atoms with E-state index in [-0.39, 0.29) is 11.0 Å². The molecular formula is C21H15BrN4O2S. The van der Waals surface area contributed by atoms with E-state index in [2.05, 4.69) is 36.5 Å². The van der Waals surface area contributed by atoms with Gasteiger partial charge in [0.2, 0.25) is 5.89 Å². The average Bonchev–Trinajstić information content (AvgIpc) is 3.13. The summed E-state index contributed by atoms with van der Waals surface area (Å²) in [4.78, 5) is 20.9. The minimum absolute atomic E-state index is 0.188. The minimum Gasteiger partial charge on any atom is -0.436 e. The summed E-state index contributed by atoms with van der Waals surface area (Å²) in [7, 11) is 0. The average molecular weight is 467 g/mol. The summed E-state index contributed by atoms with van der Waals surface area (Å²) in [6.45, 7) is 1.94. The van der Waals surface area contributed by atoms with Crippen molar-refractivity contribution in [3.63, 3.8) is 0 Å². The van der Waals surface area contributed by atoms with Crippen LogP contribution in [0.2, 0.25) is 0 Å². The van der Waals surface area contributed by atoms with Crippen molar-refractivity contribution >= 4 is 56.0 Å². The van der Waals surface area contributed by atoms with Crippen molar-refractivity contribution < 1.29 is 9.21 Å². The van der Waals surface area contributed by atoms with E-state index in [1.165, 1.54) is 6.20 Å². The van der Waals surface area contributed by atoms with E-state index < -0.39 is 0 Å². The normalized spacial score (nSPS) is 10.7. The van der Waals surface area contributed by atoms with Crippen LogP contribution in [0.3, 0.4) is 0 Å². The molecular weight excluding hydrogens is 452 g/mol. The number of hydrogen-bond acceptors (Lipinski definition) is 5. The molecule has 4 rings (SSSR count). The second kappa shape index (κ2) is 8.10. The number of carbonyl (C=O) groups is 1. The molecule has 0 aliphatic heterocycles. The molecule has 6 nitrogen and oxygen atoms in total. The van der Waals surface area contributed by atoms with Gasteiger partial charge in [-0.15, -0.1) is 0 Å². The van der Waals surface area contributed by atoms with Gasteiger partial charge in [0, 0.05) is 28.1 Å². The van der Waals surface area contributed by atoms with Gasteiger partial charge >= 0.3 is 0 Å². The quantitative estimate of drug-likeness (QED) is 0.409. The molecule has 0 saturated heterocycles. The molecule has 2 N–H and O–H groups in total. The van der Waals surface area contributed by atoms with E-state index in [9.17, 15) is 4.79 Å². The molecule has 0 spiro atoms. The smallest absolute Gasteiger partial charge is 0.259 e. The third-order valence-electron chi connectivity index (χ3n) is 4.30. The van der Waals surface area contributed by atoms with Crippen molar-refractivity contribution in [3.8, 4) is 11.5 Å². The molecule has 29 heavy (non-hydrogen) atoms. The monoisotopic (exact) mass is 466 g/mol. The van der Waals surface area contributed by atoms with Crippen LogP contribution in [-0.4, -0.2) is 21.0 Å². The second-order valence-corrected chi connectivity index (χ2v) is 7.59. The van der Waals surface area contributed by atoms with Crippen molar-refractivity contribution in [1.29, 1.82) is 0 Å². The summed E-state index contributed by atoms with van der Waals surface area (Å²) >= 11 is 8.60. The summed E-state index contributed by atoms with van der Waals surface area (Å²) in [6.07, 6.45) is 3.08. The summed E-state index contributed by atoms with van der Waals surface area (Å²) in [5.74, 6) is 0.187. The van der Waals surface area contributed by atoms with E-state index in [4.69, 9.17) is 16.6 Å². The highest BCUT2D eigenvalue weighted by molar-refractivity contribution is 9.10. The number of para-hydroxylation sites is 2. The van der Waals surface area contributed by atoms with Crippen LogP contribution in [0.25, 0.3) is 22.6 Å². The fourth-order valence-corrected chi connectivity index (χ4v) is 3.42. The first-order valence-electron chi connectivity index (χ1n) is 8.70. The van der Waals surface area contributed by atoms with Gasteiger partial charge in [0.1, 0.15) is 5.52 Å². The minimum atomic E-state index is -0.343. The lowest BCUT2D eigenvalue weighted by Crippen LogP contribution is -2.34. The van der Waals surface area contributed by atoms with Gasteiger partial charge in [-0.25, -0.2) is 4.98 Å². The Hall–Kier alpha value is -3.10. The number of nitrogens with one attached hydrogen (secondary N) is 2. The molecule has 0 saturated carbocycles. The molecule has 0 atom stereocenters. The lowest BCUT2D eigenvalue weighted by atomic mass is 10.1. The number of carbonyl (C=O) groups excluding carboxylic acids is 1. The van der Waals surface area contributed by atoms with Gasteiger partial charge in [-0.05, 0) is 71.0 Å². The molecule has 0 bridgehead atoms. The second-order valence-electron chi connectivity index (χ2n) is 6.26.